The molecule has 1 atom stereocenters. The Kier molecular flexibility index (Phi) is 3.91. The number of halogens is 2. The van der Waals surface area contributed by atoms with Gasteiger partial charge in [-0.25, -0.2) is 4.98 Å². The predicted molar refractivity (Wildman–Crippen MR) is 92.2 cm³/mol. The van der Waals surface area contributed by atoms with E-state index < -0.39 is 0 Å². The number of nitrogens with two attached hydrogens (primary N) is 1. The monoisotopic (exact) mass is 397 g/mol. The number of pyridine rings is 1. The number of rotatable bonds is 1. The van der Waals surface area contributed by atoms with Gasteiger partial charge in [0, 0.05) is 44.7 Å². The van der Waals surface area contributed by atoms with E-state index in [0.29, 0.717) is 5.92 Å². The van der Waals surface area contributed by atoms with Gasteiger partial charge in [0.1, 0.15) is 5.82 Å². The smallest absolute Gasteiger partial charge is 0.138 e. The van der Waals surface area contributed by atoms with Crippen molar-refractivity contribution in [1.82, 2.24) is 4.98 Å². The van der Waals surface area contributed by atoms with E-state index in [4.69, 9.17) is 5.73 Å². The molecule has 1 aliphatic heterocycles. The molecule has 1 aliphatic rings. The predicted octanol–water partition coefficient (Wildman–Crippen LogP) is 4.58. The first-order chi connectivity index (χ1) is 9.58. The Labute approximate surface area is 135 Å². The number of benzene rings is 1. The van der Waals surface area contributed by atoms with Crippen LogP contribution in [0.25, 0.3) is 10.8 Å². The number of hydrogen-bond acceptors (Lipinski definition) is 3. The van der Waals surface area contributed by atoms with Crippen molar-refractivity contribution in [3.63, 3.8) is 0 Å². The van der Waals surface area contributed by atoms with Crippen molar-refractivity contribution in [3.8, 4) is 0 Å². The van der Waals surface area contributed by atoms with E-state index in [1.807, 2.05) is 18.3 Å². The highest BCUT2D eigenvalue weighted by molar-refractivity contribution is 9.11. The molecule has 2 heterocycles. The molecule has 1 aromatic heterocycles. The number of hydrogen-bond donors (Lipinski definition) is 1. The molecular weight excluding hydrogens is 382 g/mol. The van der Waals surface area contributed by atoms with Crippen LogP contribution < -0.4 is 10.6 Å². The average Bonchev–Trinajstić information content (AvgIpc) is 2.43. The third-order valence-electron chi connectivity index (χ3n) is 3.91. The van der Waals surface area contributed by atoms with Gasteiger partial charge in [0.25, 0.3) is 0 Å². The molecule has 0 amide bonds. The molecule has 3 nitrogen and oxygen atoms in total. The first-order valence-electron chi connectivity index (χ1n) is 6.85. The summed E-state index contributed by atoms with van der Waals surface area (Å²) in [5, 5.41) is 2.15. The lowest BCUT2D eigenvalue weighted by Crippen LogP contribution is -2.35. The lowest BCUT2D eigenvalue weighted by atomic mass is 9.99. The molecule has 3 rings (SSSR count). The number of aromatic nitrogens is 1. The Bertz CT molecular complexity index is 649. The van der Waals surface area contributed by atoms with E-state index in [2.05, 4.69) is 48.7 Å². The lowest BCUT2D eigenvalue weighted by molar-refractivity contribution is 0.445. The van der Waals surface area contributed by atoms with Gasteiger partial charge in [-0.2, -0.15) is 0 Å². The van der Waals surface area contributed by atoms with E-state index in [9.17, 15) is 0 Å². The molecule has 2 N–H and O–H groups in total. The lowest BCUT2D eigenvalue weighted by Gasteiger charge is -2.33. The van der Waals surface area contributed by atoms with Crippen LogP contribution in [-0.2, 0) is 0 Å². The highest BCUT2D eigenvalue weighted by Crippen LogP contribution is 2.39. The molecule has 1 unspecified atom stereocenters. The van der Waals surface area contributed by atoms with Crippen LogP contribution in [0.2, 0.25) is 0 Å². The first-order valence-corrected chi connectivity index (χ1v) is 8.43. The molecule has 1 aromatic carbocycles. The van der Waals surface area contributed by atoms with Crippen LogP contribution in [0.15, 0.2) is 27.3 Å². The molecule has 106 valence electrons. The largest absolute Gasteiger partial charge is 0.398 e. The highest BCUT2D eigenvalue weighted by Gasteiger charge is 2.21. The van der Waals surface area contributed by atoms with Crippen LogP contribution in [0, 0.1) is 5.92 Å². The van der Waals surface area contributed by atoms with Crippen LogP contribution >= 0.6 is 31.9 Å². The summed E-state index contributed by atoms with van der Waals surface area (Å²) in [7, 11) is 0. The SMILES string of the molecule is CC1CCCN(c2ncc(Br)c3c(Br)ccc(N)c23)C1. The van der Waals surface area contributed by atoms with E-state index in [0.717, 1.165) is 44.3 Å². The Balaban J connectivity index is 2.21. The van der Waals surface area contributed by atoms with Crippen molar-refractivity contribution in [2.45, 2.75) is 19.8 Å². The zero-order valence-corrected chi connectivity index (χ0v) is 14.5. The minimum Gasteiger partial charge on any atom is -0.398 e. The minimum absolute atomic E-state index is 0.706. The molecule has 0 spiro atoms. The third kappa shape index (κ3) is 2.42. The second-order valence-electron chi connectivity index (χ2n) is 5.51. The van der Waals surface area contributed by atoms with E-state index in [1.54, 1.807) is 0 Å². The summed E-state index contributed by atoms with van der Waals surface area (Å²) in [6, 6.07) is 3.93. The second-order valence-corrected chi connectivity index (χ2v) is 7.22. The van der Waals surface area contributed by atoms with Gasteiger partial charge in [-0.05, 0) is 46.8 Å². The Morgan fingerprint density at radius 1 is 1.25 bits per heavy atom. The summed E-state index contributed by atoms with van der Waals surface area (Å²) >= 11 is 7.21. The number of anilines is 2. The van der Waals surface area contributed by atoms with Gasteiger partial charge in [-0.3, -0.25) is 0 Å². The van der Waals surface area contributed by atoms with Crippen molar-refractivity contribution >= 4 is 54.1 Å². The van der Waals surface area contributed by atoms with Crippen LogP contribution in [-0.4, -0.2) is 18.1 Å². The average molecular weight is 399 g/mol. The van der Waals surface area contributed by atoms with Gasteiger partial charge in [0.05, 0.1) is 0 Å². The molecule has 1 saturated heterocycles. The summed E-state index contributed by atoms with van der Waals surface area (Å²) in [5.74, 6) is 1.71. The molecule has 2 aromatic rings. The van der Waals surface area contributed by atoms with Crippen LogP contribution in [0.4, 0.5) is 11.5 Å². The molecule has 0 radical (unpaired) electrons. The van der Waals surface area contributed by atoms with Crippen molar-refractivity contribution in [2.75, 3.05) is 23.7 Å². The summed E-state index contributed by atoms with van der Waals surface area (Å²) in [5.41, 5.74) is 7.01. The summed E-state index contributed by atoms with van der Waals surface area (Å²) in [6.45, 7) is 4.40. The van der Waals surface area contributed by atoms with Gasteiger partial charge >= 0.3 is 0 Å². The normalized spacial score (nSPS) is 19.6. The summed E-state index contributed by atoms with van der Waals surface area (Å²) < 4.78 is 2.02. The molecule has 0 saturated carbocycles. The van der Waals surface area contributed by atoms with E-state index in [-0.39, 0.29) is 0 Å². The molecule has 20 heavy (non-hydrogen) atoms. The van der Waals surface area contributed by atoms with Gasteiger partial charge in [0.2, 0.25) is 0 Å². The highest BCUT2D eigenvalue weighted by atomic mass is 79.9. The molecule has 5 heteroatoms. The fourth-order valence-corrected chi connectivity index (χ4v) is 4.26. The van der Waals surface area contributed by atoms with Crippen molar-refractivity contribution in [1.29, 1.82) is 0 Å². The van der Waals surface area contributed by atoms with Crippen molar-refractivity contribution < 1.29 is 0 Å². The maximum Gasteiger partial charge on any atom is 0.138 e. The molecule has 0 aliphatic carbocycles. The molecule has 0 bridgehead atoms. The van der Waals surface area contributed by atoms with E-state index in [1.165, 1.54) is 12.8 Å². The zero-order chi connectivity index (χ0) is 14.3. The fraction of sp³-hybridized carbons (Fsp3) is 0.400. The number of nitrogen functional groups attached to an aromatic ring is 1. The molecule has 1 fully saturated rings. The van der Waals surface area contributed by atoms with Crippen molar-refractivity contribution in [3.05, 3.63) is 27.3 Å². The number of fused-ring (bicyclic) bond motifs is 1. The summed E-state index contributed by atoms with van der Waals surface area (Å²) in [4.78, 5) is 7.01. The summed E-state index contributed by atoms with van der Waals surface area (Å²) in [6.07, 6.45) is 4.39. The Morgan fingerprint density at radius 3 is 2.80 bits per heavy atom. The van der Waals surface area contributed by atoms with Crippen LogP contribution in [0.3, 0.4) is 0 Å². The standard InChI is InChI=1S/C15H17Br2N3/c1-9-3-2-6-20(8-9)15-14-12(18)5-4-10(16)13(14)11(17)7-19-15/h4-5,7,9H,2-3,6,8,18H2,1H3. The second kappa shape index (κ2) is 5.53. The third-order valence-corrected chi connectivity index (χ3v) is 5.17. The van der Waals surface area contributed by atoms with Crippen LogP contribution in [0.5, 0.6) is 0 Å². The van der Waals surface area contributed by atoms with Gasteiger partial charge in [-0.15, -0.1) is 0 Å². The van der Waals surface area contributed by atoms with E-state index >= 15 is 0 Å². The fourth-order valence-electron chi connectivity index (χ4n) is 2.94. The Morgan fingerprint density at radius 2 is 2.05 bits per heavy atom. The zero-order valence-electron chi connectivity index (χ0n) is 11.4. The maximum atomic E-state index is 6.23. The number of nitrogens with zero attached hydrogens (tertiary/aromatic N) is 2. The number of piperidine rings is 1. The first kappa shape index (κ1) is 14.1. The van der Waals surface area contributed by atoms with Gasteiger partial charge in [0.15, 0.2) is 0 Å². The topological polar surface area (TPSA) is 42.2 Å². The minimum atomic E-state index is 0.706. The maximum absolute atomic E-state index is 6.23. The molecular formula is C15H17Br2N3. The van der Waals surface area contributed by atoms with Gasteiger partial charge < -0.3 is 10.6 Å². The van der Waals surface area contributed by atoms with Crippen LogP contribution in [0.1, 0.15) is 19.8 Å². The van der Waals surface area contributed by atoms with Crippen molar-refractivity contribution in [2.24, 2.45) is 5.92 Å². The Hall–Kier alpha value is -0.810. The quantitative estimate of drug-likeness (QED) is 0.715. The van der Waals surface area contributed by atoms with Gasteiger partial charge in [-0.1, -0.05) is 22.9 Å².